The summed E-state index contributed by atoms with van der Waals surface area (Å²) in [5.41, 5.74) is 6.61. The van der Waals surface area contributed by atoms with Gasteiger partial charge in [-0.1, -0.05) is 36.4 Å². The maximum atomic E-state index is 13.1. The zero-order valence-electron chi connectivity index (χ0n) is 21.5. The van der Waals surface area contributed by atoms with Crippen molar-refractivity contribution in [2.24, 2.45) is 5.73 Å². The molecule has 11 heteroatoms. The summed E-state index contributed by atoms with van der Waals surface area (Å²) in [5, 5.41) is 10.7. The average Bonchev–Trinajstić information content (AvgIpc) is 3.27. The highest BCUT2D eigenvalue weighted by molar-refractivity contribution is 6.00. The summed E-state index contributed by atoms with van der Waals surface area (Å²) in [6.07, 6.45) is -4.07. The van der Waals surface area contributed by atoms with Gasteiger partial charge >= 0.3 is 11.9 Å². The zero-order chi connectivity index (χ0) is 28.4. The maximum Gasteiger partial charge on any atom is 0.416 e. The molecule has 0 spiro atoms. The highest BCUT2D eigenvalue weighted by Crippen LogP contribution is 2.33. The van der Waals surface area contributed by atoms with Gasteiger partial charge in [0.15, 0.2) is 0 Å². The van der Waals surface area contributed by atoms with Crippen LogP contribution in [0.2, 0.25) is 0 Å². The van der Waals surface area contributed by atoms with Gasteiger partial charge in [0.2, 0.25) is 5.91 Å². The molecule has 1 atom stereocenters. The zero-order valence-corrected chi connectivity index (χ0v) is 21.5. The van der Waals surface area contributed by atoms with Crippen LogP contribution in [-0.4, -0.2) is 57.8 Å². The van der Waals surface area contributed by atoms with Gasteiger partial charge in [-0.05, 0) is 48.7 Å². The number of aliphatic hydroxyl groups is 1. The Kier molecular flexibility index (Phi) is 7.68. The molecule has 3 aromatic carbocycles. The number of aromatic amines is 1. The molecule has 1 aliphatic rings. The van der Waals surface area contributed by atoms with Gasteiger partial charge in [0.05, 0.1) is 16.6 Å². The Morgan fingerprint density at radius 3 is 2.42 bits per heavy atom. The monoisotopic (exact) mass is 554 g/mol. The maximum absolute atomic E-state index is 13.1. The standard InChI is InChI=1S/C29H29F3N4O4/c30-29(31,32)18-9-10-25-24(15-18)34-28(39)36(25)19-11-13-35(14-12-19)16-20(37)17-40-26-8-4-3-6-22(26)21-5-1-2-7-23(21)27(33)38/h1-10,15,19-20,37H,11-14,16-17H2,(H2,33,38)(H,34,39). The predicted molar refractivity (Wildman–Crippen MR) is 144 cm³/mol. The molecular weight excluding hydrogens is 525 g/mol. The fourth-order valence-corrected chi connectivity index (χ4v) is 5.31. The van der Waals surface area contributed by atoms with Crippen LogP contribution in [0.4, 0.5) is 13.2 Å². The molecule has 0 radical (unpaired) electrons. The first-order chi connectivity index (χ1) is 19.1. The van der Waals surface area contributed by atoms with Crippen molar-refractivity contribution in [1.29, 1.82) is 0 Å². The van der Waals surface area contributed by atoms with Crippen molar-refractivity contribution in [2.75, 3.05) is 26.2 Å². The predicted octanol–water partition coefficient (Wildman–Crippen LogP) is 4.19. The second kappa shape index (κ2) is 11.2. The lowest BCUT2D eigenvalue weighted by Gasteiger charge is -2.33. The number of aromatic nitrogens is 2. The Bertz CT molecular complexity index is 1570. The molecule has 0 bridgehead atoms. The van der Waals surface area contributed by atoms with Gasteiger partial charge in [-0.15, -0.1) is 0 Å². The fraction of sp³-hybridized carbons (Fsp3) is 0.310. The van der Waals surface area contributed by atoms with Gasteiger partial charge in [0.25, 0.3) is 0 Å². The lowest BCUT2D eigenvalue weighted by atomic mass is 9.98. The van der Waals surface area contributed by atoms with E-state index in [-0.39, 0.29) is 18.2 Å². The highest BCUT2D eigenvalue weighted by atomic mass is 19.4. The minimum absolute atomic E-state index is 0.0269. The van der Waals surface area contributed by atoms with Gasteiger partial charge in [0, 0.05) is 36.8 Å². The Labute approximate surface area is 227 Å². The summed E-state index contributed by atoms with van der Waals surface area (Å²) >= 11 is 0. The number of carbonyl (C=O) groups is 1. The molecule has 0 saturated carbocycles. The number of primary amides is 1. The number of fused-ring (bicyclic) bond motifs is 1. The van der Waals surface area contributed by atoms with E-state index in [2.05, 4.69) is 9.88 Å². The van der Waals surface area contributed by atoms with E-state index >= 15 is 0 Å². The van der Waals surface area contributed by atoms with Crippen LogP contribution in [0.25, 0.3) is 22.2 Å². The summed E-state index contributed by atoms with van der Waals surface area (Å²) in [6, 6.07) is 17.3. The number of rotatable bonds is 8. The second-order valence-electron chi connectivity index (χ2n) is 9.93. The SMILES string of the molecule is NC(=O)c1ccccc1-c1ccccc1OCC(O)CN1CCC(n2c(=O)[nH]c3cc(C(F)(F)F)ccc32)CC1. The molecule has 2 heterocycles. The molecule has 1 aliphatic heterocycles. The summed E-state index contributed by atoms with van der Waals surface area (Å²) in [6.45, 7) is 1.58. The van der Waals surface area contributed by atoms with Crippen molar-refractivity contribution in [3.8, 4) is 16.9 Å². The number of β-amino-alcohol motifs (C(OH)–C–C–N with tert-alkyl or cyclic N) is 1. The van der Waals surface area contributed by atoms with Gasteiger partial charge < -0.3 is 25.5 Å². The molecule has 1 saturated heterocycles. The number of carbonyl (C=O) groups excluding carboxylic acids is 1. The average molecular weight is 555 g/mol. The molecule has 1 amide bonds. The number of amides is 1. The number of ether oxygens (including phenoxy) is 1. The molecule has 4 N–H and O–H groups in total. The topological polar surface area (TPSA) is 114 Å². The van der Waals surface area contributed by atoms with Crippen LogP contribution in [0.15, 0.2) is 71.5 Å². The number of halogens is 3. The van der Waals surface area contributed by atoms with Crippen molar-refractivity contribution in [2.45, 2.75) is 31.2 Å². The normalized spacial score (nSPS) is 15.8. The van der Waals surface area contributed by atoms with E-state index in [4.69, 9.17) is 10.5 Å². The Morgan fingerprint density at radius 1 is 1.05 bits per heavy atom. The lowest BCUT2D eigenvalue weighted by Crippen LogP contribution is -2.42. The lowest BCUT2D eigenvalue weighted by molar-refractivity contribution is -0.137. The van der Waals surface area contributed by atoms with Gasteiger partial charge in [-0.2, -0.15) is 13.2 Å². The van der Waals surface area contributed by atoms with E-state index in [1.165, 1.54) is 10.6 Å². The number of para-hydroxylation sites is 1. The number of nitrogens with zero attached hydrogens (tertiary/aromatic N) is 2. The number of piperidine rings is 1. The third kappa shape index (κ3) is 5.75. The van der Waals surface area contributed by atoms with Crippen LogP contribution < -0.4 is 16.2 Å². The number of imidazole rings is 1. The van der Waals surface area contributed by atoms with Crippen LogP contribution in [0.3, 0.4) is 0 Å². The van der Waals surface area contributed by atoms with Gasteiger partial charge in [0.1, 0.15) is 18.5 Å². The second-order valence-corrected chi connectivity index (χ2v) is 9.93. The number of nitrogens with one attached hydrogen (secondary N) is 1. The molecule has 210 valence electrons. The van der Waals surface area contributed by atoms with Crippen molar-refractivity contribution in [3.05, 3.63) is 88.3 Å². The molecule has 40 heavy (non-hydrogen) atoms. The molecule has 4 aromatic rings. The molecule has 8 nitrogen and oxygen atoms in total. The van der Waals surface area contributed by atoms with E-state index in [1.807, 2.05) is 12.1 Å². The van der Waals surface area contributed by atoms with Crippen LogP contribution >= 0.6 is 0 Å². The molecule has 1 fully saturated rings. The first-order valence-corrected chi connectivity index (χ1v) is 12.9. The number of aliphatic hydroxyl groups excluding tert-OH is 1. The summed E-state index contributed by atoms with van der Waals surface area (Å²) in [5.74, 6) is -0.0313. The number of H-pyrrole nitrogens is 1. The quantitative estimate of drug-likeness (QED) is 0.302. The van der Waals surface area contributed by atoms with E-state index in [0.717, 1.165) is 12.1 Å². The molecular formula is C29H29F3N4O4. The molecule has 0 aliphatic carbocycles. The Hall–Kier alpha value is -4.09. The van der Waals surface area contributed by atoms with Crippen molar-refractivity contribution in [3.63, 3.8) is 0 Å². The molecule has 1 aromatic heterocycles. The number of nitrogens with two attached hydrogens (primary N) is 1. The molecule has 5 rings (SSSR count). The number of hydrogen-bond donors (Lipinski definition) is 3. The number of benzene rings is 3. The summed E-state index contributed by atoms with van der Waals surface area (Å²) in [4.78, 5) is 29.1. The molecule has 1 unspecified atom stereocenters. The van der Waals surface area contributed by atoms with E-state index < -0.39 is 29.4 Å². The van der Waals surface area contributed by atoms with E-state index in [1.54, 1.807) is 36.4 Å². The minimum Gasteiger partial charge on any atom is -0.490 e. The fourth-order valence-electron chi connectivity index (χ4n) is 5.31. The Morgan fingerprint density at radius 2 is 1.73 bits per heavy atom. The van der Waals surface area contributed by atoms with Crippen LogP contribution in [0.5, 0.6) is 5.75 Å². The largest absolute Gasteiger partial charge is 0.490 e. The van der Waals surface area contributed by atoms with Crippen LogP contribution in [-0.2, 0) is 6.18 Å². The Balaban J connectivity index is 1.20. The van der Waals surface area contributed by atoms with Gasteiger partial charge in [-0.3, -0.25) is 9.36 Å². The summed E-state index contributed by atoms with van der Waals surface area (Å²) < 4.78 is 46.7. The third-order valence-electron chi connectivity index (χ3n) is 7.24. The van der Waals surface area contributed by atoms with Crippen LogP contribution in [0, 0.1) is 0 Å². The number of alkyl halides is 3. The first-order valence-electron chi connectivity index (χ1n) is 12.9. The van der Waals surface area contributed by atoms with E-state index in [9.17, 15) is 27.9 Å². The smallest absolute Gasteiger partial charge is 0.416 e. The first kappa shape index (κ1) is 27.5. The van der Waals surface area contributed by atoms with Crippen LogP contribution in [0.1, 0.15) is 34.8 Å². The van der Waals surface area contributed by atoms with Gasteiger partial charge in [-0.25, -0.2) is 4.79 Å². The van der Waals surface area contributed by atoms with Crippen molar-refractivity contribution in [1.82, 2.24) is 14.5 Å². The number of likely N-dealkylation sites (tertiary alicyclic amines) is 1. The van der Waals surface area contributed by atoms with Crippen molar-refractivity contribution < 1.29 is 27.8 Å². The van der Waals surface area contributed by atoms with Crippen molar-refractivity contribution >= 4 is 16.9 Å². The highest BCUT2D eigenvalue weighted by Gasteiger charge is 2.32. The summed E-state index contributed by atoms with van der Waals surface area (Å²) in [7, 11) is 0. The third-order valence-corrected chi connectivity index (χ3v) is 7.24. The minimum atomic E-state index is -4.49. The van der Waals surface area contributed by atoms with E-state index in [0.29, 0.717) is 60.4 Å². The number of hydrogen-bond acceptors (Lipinski definition) is 5.